The van der Waals surface area contributed by atoms with E-state index >= 15 is 14.4 Å². The van der Waals surface area contributed by atoms with Gasteiger partial charge in [0.2, 0.25) is 41.2 Å². The molecule has 0 fully saturated rings. The summed E-state index contributed by atoms with van der Waals surface area (Å²) >= 11 is 20.3. The summed E-state index contributed by atoms with van der Waals surface area (Å²) in [5.74, 6) is -15.5. The summed E-state index contributed by atoms with van der Waals surface area (Å²) in [6.07, 6.45) is -2.51. The third-order valence-electron chi connectivity index (χ3n) is 14.5. The van der Waals surface area contributed by atoms with E-state index in [0.29, 0.717) is 5.56 Å². The van der Waals surface area contributed by atoms with Crippen molar-refractivity contribution in [2.75, 3.05) is 0 Å². The lowest BCUT2D eigenvalue weighted by molar-refractivity contribution is -0.143. The Labute approximate surface area is 498 Å². The molecule has 86 heavy (non-hydrogen) atoms. The summed E-state index contributed by atoms with van der Waals surface area (Å²) < 4.78 is 18.4. The van der Waals surface area contributed by atoms with Crippen LogP contribution in [0.3, 0.4) is 0 Å². The smallest absolute Gasteiger partial charge is 0.330 e. The first kappa shape index (κ1) is 57.6. The zero-order valence-electron chi connectivity index (χ0n) is 43.6. The second kappa shape index (κ2) is 22.4. The van der Waals surface area contributed by atoms with Crippen LogP contribution in [-0.2, 0) is 40.0 Å². The van der Waals surface area contributed by atoms with Gasteiger partial charge in [-0.2, -0.15) is 0 Å². The van der Waals surface area contributed by atoms with Gasteiger partial charge in [0.25, 0.3) is 0 Å². The van der Waals surface area contributed by atoms with Gasteiger partial charge in [0.1, 0.15) is 82.6 Å². The highest BCUT2D eigenvalue weighted by Crippen LogP contribution is 2.49. The number of nitrogens with two attached hydrogens (primary N) is 1. The molecule has 0 radical (unpaired) electrons. The van der Waals surface area contributed by atoms with Crippen LogP contribution in [-0.4, -0.2) is 94.3 Å². The fourth-order valence-electron chi connectivity index (χ4n) is 10.3. The van der Waals surface area contributed by atoms with Crippen molar-refractivity contribution in [3.63, 3.8) is 0 Å². The number of benzene rings is 7. The molecule has 6 heterocycles. The van der Waals surface area contributed by atoms with Gasteiger partial charge in [-0.15, -0.1) is 0 Å². The first-order chi connectivity index (χ1) is 40.9. The monoisotopic (exact) mass is 1230 g/mol. The van der Waals surface area contributed by atoms with Crippen LogP contribution in [0.4, 0.5) is 0 Å². The van der Waals surface area contributed by atoms with Crippen molar-refractivity contribution in [1.82, 2.24) is 31.9 Å². The molecule has 6 aliphatic rings. The van der Waals surface area contributed by atoms with Gasteiger partial charge in [-0.25, -0.2) is 4.79 Å². The van der Waals surface area contributed by atoms with Gasteiger partial charge in [-0.05, 0) is 112 Å². The Kier molecular flexibility index (Phi) is 15.0. The van der Waals surface area contributed by atoms with Gasteiger partial charge in [0.05, 0.1) is 15.1 Å². The van der Waals surface area contributed by atoms with Gasteiger partial charge >= 0.3 is 5.97 Å². The van der Waals surface area contributed by atoms with Crippen LogP contribution in [0.5, 0.6) is 69.0 Å². The third kappa shape index (κ3) is 11.0. The minimum Gasteiger partial charge on any atom is -0.508 e. The molecule has 6 aliphatic heterocycles. The summed E-state index contributed by atoms with van der Waals surface area (Å²) in [6, 6.07) is 6.46. The minimum absolute atomic E-state index is 0.113. The molecule has 0 aliphatic carbocycles. The number of carboxylic acids is 1. The number of nitrogens with one attached hydrogen (secondary N) is 6. The molecule has 28 heteroatoms. The van der Waals surface area contributed by atoms with Crippen LogP contribution < -0.4 is 51.8 Å². The summed E-state index contributed by atoms with van der Waals surface area (Å²) in [5.41, 5.74) is 3.97. The molecule has 13 rings (SSSR count). The number of amides is 6. The molecular formula is C58H44Cl3N7O18. The molecule has 440 valence electrons. The summed E-state index contributed by atoms with van der Waals surface area (Å²) in [4.78, 5) is 103. The molecule has 0 saturated carbocycles. The Morgan fingerprint density at radius 3 is 1.71 bits per heavy atom. The largest absolute Gasteiger partial charge is 0.508 e. The number of aliphatic hydroxyl groups is 1. The number of phenolic OH excluding ortho intramolecular Hbond substituents is 6. The fourth-order valence-corrected chi connectivity index (χ4v) is 11.0. The highest BCUT2D eigenvalue weighted by Gasteiger charge is 2.41. The van der Waals surface area contributed by atoms with Crippen molar-refractivity contribution < 1.29 is 88.6 Å². The average molecular weight is 1230 g/mol. The maximum absolute atomic E-state index is 15.7. The number of halogens is 3. The molecular weight excluding hydrogens is 1190 g/mol. The average Bonchev–Trinajstić information content (AvgIpc) is 3.02. The van der Waals surface area contributed by atoms with Crippen molar-refractivity contribution in [2.24, 2.45) is 5.73 Å². The molecule has 0 spiro atoms. The number of rotatable bonds is 1. The van der Waals surface area contributed by atoms with E-state index in [1.54, 1.807) is 0 Å². The SMILES string of the molecule is N[C@H]1C(=O)N[C@@H]2Cc3ccc(c(Cl)c3)Oc3cc4cc(c3O)Oc3ccc(cc3Cl)[C@@H](O)[C@@H]3NC(=O)[C@H](NC(=O)[C@@H]4NC(=O)[C@@H](NC2=O)c2cc(O)cc(c2)Oc2cc1ccc2O)c1cc(Cl)c(O)c(c1)-c1c(O)cc(O)cc1[C@@H](C(=O)O)NC3=O. The van der Waals surface area contributed by atoms with E-state index < -0.39 is 163 Å². The van der Waals surface area contributed by atoms with Gasteiger partial charge in [-0.1, -0.05) is 53.0 Å². The Bertz CT molecular complexity index is 4090. The van der Waals surface area contributed by atoms with Crippen molar-refractivity contribution in [2.45, 2.75) is 54.8 Å². The normalized spacial score (nSPS) is 21.9. The molecule has 0 aromatic heterocycles. The second-order valence-electron chi connectivity index (χ2n) is 20.2. The van der Waals surface area contributed by atoms with E-state index in [1.165, 1.54) is 54.6 Å². The van der Waals surface area contributed by atoms with E-state index in [-0.39, 0.29) is 61.7 Å². The van der Waals surface area contributed by atoms with Crippen LogP contribution in [0.1, 0.15) is 75.3 Å². The number of hydrogen-bond donors (Lipinski definition) is 15. The lowest BCUT2D eigenvalue weighted by atomic mass is 9.89. The molecule has 0 unspecified atom stereocenters. The Morgan fingerprint density at radius 1 is 0.488 bits per heavy atom. The van der Waals surface area contributed by atoms with Gasteiger partial charge in [0.15, 0.2) is 29.0 Å². The number of aliphatic hydroxyl groups excluding tert-OH is 1. The number of ether oxygens (including phenoxy) is 3. The topological polar surface area (TPSA) is 407 Å². The molecule has 6 amide bonds. The standard InChI is InChI=1S/C58H44Cl3N7O18/c59-31-7-20-1-5-37(31)85-40-15-25-16-41(51(40)75)86-38-6-3-22(12-32(38)60)49(73)48-57(81)67-47(58(82)83)29-18-27(70)19-36(72)42(29)30-11-24(13-33(61)50(30)74)45(56(80)68-48)65-55(79)46(25)66-54(78)44-23-9-26(69)17-28(10-23)84-39-14-21(2-4-35(39)71)43(62)53(77)63-34(8-20)52(76)64-44/h1-7,9-19,34,43-49,69-75H,8,62H2,(H,63,77)(H,64,76)(H,65,79)(H,66,78)(H,67,81)(H,68,80)(H,82,83)/t34-,43-,44+,45-,46-,47+,48+,49-/m1/s1. The van der Waals surface area contributed by atoms with Gasteiger partial charge in [-0.3, -0.25) is 28.8 Å². The second-order valence-corrected chi connectivity index (χ2v) is 21.4. The number of hydrogen-bond acceptors (Lipinski definition) is 18. The van der Waals surface area contributed by atoms with Crippen LogP contribution >= 0.6 is 34.8 Å². The Balaban J connectivity index is 1.15. The Hall–Kier alpha value is -10.2. The van der Waals surface area contributed by atoms with Crippen molar-refractivity contribution >= 4 is 76.2 Å². The minimum atomic E-state index is -2.23. The van der Waals surface area contributed by atoms with Crippen LogP contribution in [0.25, 0.3) is 11.1 Å². The summed E-state index contributed by atoms with van der Waals surface area (Å²) in [5, 5.41) is 104. The molecule has 25 nitrogen and oxygen atoms in total. The van der Waals surface area contributed by atoms with Crippen molar-refractivity contribution in [3.05, 3.63) is 163 Å². The summed E-state index contributed by atoms with van der Waals surface area (Å²) in [7, 11) is 0. The van der Waals surface area contributed by atoms with E-state index in [4.69, 9.17) is 54.7 Å². The molecule has 0 saturated heterocycles. The summed E-state index contributed by atoms with van der Waals surface area (Å²) in [6.45, 7) is 0. The van der Waals surface area contributed by atoms with Crippen molar-refractivity contribution in [3.8, 4) is 80.1 Å². The number of phenols is 6. The van der Waals surface area contributed by atoms with Crippen LogP contribution in [0.15, 0.2) is 109 Å². The maximum atomic E-state index is 15.7. The van der Waals surface area contributed by atoms with E-state index in [1.807, 2.05) is 0 Å². The molecule has 17 bridgehead atoms. The highest BCUT2D eigenvalue weighted by atomic mass is 35.5. The van der Waals surface area contributed by atoms with E-state index in [9.17, 15) is 60.0 Å². The Morgan fingerprint density at radius 2 is 1.06 bits per heavy atom. The van der Waals surface area contributed by atoms with Crippen LogP contribution in [0.2, 0.25) is 15.1 Å². The zero-order valence-corrected chi connectivity index (χ0v) is 45.9. The number of aromatic hydroxyl groups is 6. The van der Waals surface area contributed by atoms with E-state index in [2.05, 4.69) is 31.9 Å². The number of carbonyl (C=O) groups is 7. The number of fused-ring (bicyclic) bond motifs is 14. The van der Waals surface area contributed by atoms with E-state index in [0.717, 1.165) is 54.6 Å². The third-order valence-corrected chi connectivity index (χ3v) is 15.4. The molecule has 7 aromatic rings. The first-order valence-electron chi connectivity index (χ1n) is 25.6. The fraction of sp³-hybridized carbons (Fsp3) is 0.155. The first-order valence-corrected chi connectivity index (χ1v) is 26.8. The molecule has 8 atom stereocenters. The predicted octanol–water partition coefficient (Wildman–Crippen LogP) is 5.64. The van der Waals surface area contributed by atoms with Crippen LogP contribution in [0, 0.1) is 0 Å². The quantitative estimate of drug-likeness (QED) is 0.0945. The van der Waals surface area contributed by atoms with Gasteiger partial charge in [0, 0.05) is 35.2 Å². The molecule has 16 N–H and O–H groups in total. The highest BCUT2D eigenvalue weighted by molar-refractivity contribution is 6.33. The maximum Gasteiger partial charge on any atom is 0.330 e. The van der Waals surface area contributed by atoms with Gasteiger partial charge < -0.3 is 92.7 Å². The lowest BCUT2D eigenvalue weighted by Gasteiger charge is -2.31. The number of carboxylic acid groups (broad SMARTS) is 1. The number of carbonyl (C=O) groups excluding carboxylic acids is 6. The molecule has 7 aromatic carbocycles. The zero-order chi connectivity index (χ0) is 61.3. The van der Waals surface area contributed by atoms with Crippen molar-refractivity contribution in [1.29, 1.82) is 0 Å². The lowest BCUT2D eigenvalue weighted by Crippen LogP contribution is -2.55. The predicted molar refractivity (Wildman–Crippen MR) is 300 cm³/mol. The number of aliphatic carboxylic acids is 1.